The molecule has 0 heterocycles. The van der Waals surface area contributed by atoms with Crippen molar-refractivity contribution in [3.8, 4) is 0 Å². The number of allylic oxidation sites excluding steroid dienone is 2. The van der Waals surface area contributed by atoms with Crippen molar-refractivity contribution in [3.05, 3.63) is 12.2 Å². The van der Waals surface area contributed by atoms with Gasteiger partial charge in [-0.05, 0) is 24.7 Å². The molecule has 1 saturated carbocycles. The normalized spacial score (nSPS) is 49.3. The third-order valence-corrected chi connectivity index (χ3v) is 1.99. The minimum atomic E-state index is 1.03. The van der Waals surface area contributed by atoms with E-state index in [0.717, 1.165) is 11.8 Å². The Morgan fingerprint density at radius 1 is 1.00 bits per heavy atom. The fourth-order valence-electron chi connectivity index (χ4n) is 1.17. The molecule has 0 heteroatoms. The van der Waals surface area contributed by atoms with Crippen molar-refractivity contribution >= 4 is 0 Å². The van der Waals surface area contributed by atoms with E-state index in [-0.39, 0.29) is 0 Å². The van der Waals surface area contributed by atoms with Crippen LogP contribution in [0.25, 0.3) is 0 Å². The summed E-state index contributed by atoms with van der Waals surface area (Å²) < 4.78 is 0. The lowest BCUT2D eigenvalue weighted by Crippen LogP contribution is -2.28. The van der Waals surface area contributed by atoms with Crippen LogP contribution in [0.15, 0.2) is 12.2 Å². The molecule has 2 rings (SSSR count). The van der Waals surface area contributed by atoms with Crippen molar-refractivity contribution in [2.45, 2.75) is 12.8 Å². The highest BCUT2D eigenvalue weighted by Crippen LogP contribution is 2.43. The Morgan fingerprint density at radius 3 is 1.50 bits per heavy atom. The minimum Gasteiger partial charge on any atom is -0.0845 e. The number of hydrogen-bond donors (Lipinski definition) is 0. The van der Waals surface area contributed by atoms with Crippen LogP contribution in [-0.4, -0.2) is 0 Å². The van der Waals surface area contributed by atoms with Crippen molar-refractivity contribution in [1.82, 2.24) is 0 Å². The summed E-state index contributed by atoms with van der Waals surface area (Å²) in [5.74, 6) is 2.06. The van der Waals surface area contributed by atoms with Crippen LogP contribution in [0, 0.1) is 11.8 Å². The summed E-state index contributed by atoms with van der Waals surface area (Å²) in [6.45, 7) is 0. The first-order valence-corrected chi connectivity index (χ1v) is 2.65. The van der Waals surface area contributed by atoms with E-state index in [2.05, 4.69) is 12.2 Å². The van der Waals surface area contributed by atoms with E-state index in [0.29, 0.717) is 0 Å². The van der Waals surface area contributed by atoms with Crippen molar-refractivity contribution in [3.63, 3.8) is 0 Å². The molecule has 2 atom stereocenters. The van der Waals surface area contributed by atoms with Gasteiger partial charge >= 0.3 is 0 Å². The summed E-state index contributed by atoms with van der Waals surface area (Å²) in [4.78, 5) is 0. The van der Waals surface area contributed by atoms with Gasteiger partial charge in [-0.25, -0.2) is 0 Å². The standard InChI is InChI=1S/C6H8/c1-2-6-4-3-5(1)6/h1-2,5-6H,3-4H2. The maximum atomic E-state index is 2.33. The molecule has 0 N–H and O–H groups in total. The van der Waals surface area contributed by atoms with Crippen LogP contribution in [0.3, 0.4) is 0 Å². The van der Waals surface area contributed by atoms with E-state index in [1.165, 1.54) is 12.8 Å². The van der Waals surface area contributed by atoms with Gasteiger partial charge < -0.3 is 0 Å². The number of fused-ring (bicyclic) bond motifs is 1. The molecule has 1 fully saturated rings. The van der Waals surface area contributed by atoms with Gasteiger partial charge in [-0.15, -0.1) is 0 Å². The Bertz CT molecular complexity index is 80.2. The van der Waals surface area contributed by atoms with E-state index in [9.17, 15) is 0 Å². The molecular weight excluding hydrogens is 72.1 g/mol. The minimum absolute atomic E-state index is 1.03. The maximum absolute atomic E-state index is 2.33. The summed E-state index contributed by atoms with van der Waals surface area (Å²) in [5.41, 5.74) is 0. The van der Waals surface area contributed by atoms with Gasteiger partial charge in [-0.3, -0.25) is 0 Å². The third-order valence-electron chi connectivity index (χ3n) is 1.99. The second-order valence-corrected chi connectivity index (χ2v) is 2.29. The van der Waals surface area contributed by atoms with Crippen molar-refractivity contribution in [2.24, 2.45) is 11.8 Å². The summed E-state index contributed by atoms with van der Waals surface area (Å²) in [7, 11) is 0. The monoisotopic (exact) mass is 80.1 g/mol. The zero-order valence-electron chi connectivity index (χ0n) is 3.72. The summed E-state index contributed by atoms with van der Waals surface area (Å²) in [5, 5.41) is 0. The molecule has 0 nitrogen and oxygen atoms in total. The fourth-order valence-corrected chi connectivity index (χ4v) is 1.17. The second kappa shape index (κ2) is 0.699. The molecule has 0 aromatic rings. The highest BCUT2D eigenvalue weighted by atomic mass is 14.4. The van der Waals surface area contributed by atoms with E-state index < -0.39 is 0 Å². The molecule has 2 aliphatic rings. The molecule has 0 aromatic heterocycles. The van der Waals surface area contributed by atoms with Crippen LogP contribution < -0.4 is 0 Å². The summed E-state index contributed by atoms with van der Waals surface area (Å²) in [6.07, 6.45) is 7.60. The van der Waals surface area contributed by atoms with Crippen molar-refractivity contribution < 1.29 is 0 Å². The summed E-state index contributed by atoms with van der Waals surface area (Å²) >= 11 is 0. The highest BCUT2D eigenvalue weighted by molar-refractivity contribution is 5.14. The van der Waals surface area contributed by atoms with Crippen LogP contribution >= 0.6 is 0 Å². The Morgan fingerprint density at radius 2 is 1.50 bits per heavy atom. The largest absolute Gasteiger partial charge is 0.0845 e. The van der Waals surface area contributed by atoms with Gasteiger partial charge in [0.1, 0.15) is 0 Å². The molecule has 2 unspecified atom stereocenters. The van der Waals surface area contributed by atoms with Crippen LogP contribution in [0.2, 0.25) is 0 Å². The maximum Gasteiger partial charge on any atom is -0.0170 e. The average molecular weight is 80.1 g/mol. The third kappa shape index (κ3) is 0.149. The van der Waals surface area contributed by atoms with E-state index in [4.69, 9.17) is 0 Å². The Balaban J connectivity index is 2.24. The molecule has 0 spiro atoms. The van der Waals surface area contributed by atoms with Gasteiger partial charge in [0.2, 0.25) is 0 Å². The number of rotatable bonds is 0. The van der Waals surface area contributed by atoms with E-state index in [1.807, 2.05) is 0 Å². The van der Waals surface area contributed by atoms with Crippen LogP contribution in [0.5, 0.6) is 0 Å². The van der Waals surface area contributed by atoms with Crippen LogP contribution in [0.4, 0.5) is 0 Å². The first kappa shape index (κ1) is 2.84. The van der Waals surface area contributed by atoms with Crippen LogP contribution in [-0.2, 0) is 0 Å². The topological polar surface area (TPSA) is 0 Å². The lowest BCUT2D eigenvalue weighted by molar-refractivity contribution is 0.248. The molecule has 0 radical (unpaired) electrons. The van der Waals surface area contributed by atoms with Gasteiger partial charge in [0.05, 0.1) is 0 Å². The predicted molar refractivity (Wildman–Crippen MR) is 25.4 cm³/mol. The van der Waals surface area contributed by atoms with E-state index in [1.54, 1.807) is 0 Å². The zero-order valence-corrected chi connectivity index (χ0v) is 3.72. The molecule has 6 heavy (non-hydrogen) atoms. The first-order valence-electron chi connectivity index (χ1n) is 2.65. The van der Waals surface area contributed by atoms with Gasteiger partial charge in [-0.1, -0.05) is 12.2 Å². The summed E-state index contributed by atoms with van der Waals surface area (Å²) in [6, 6.07) is 0. The Hall–Kier alpha value is -0.260. The fraction of sp³-hybridized carbons (Fsp3) is 0.667. The Kier molecular flexibility index (Phi) is 0.331. The highest BCUT2D eigenvalue weighted by Gasteiger charge is 2.31. The Labute approximate surface area is 37.9 Å². The van der Waals surface area contributed by atoms with Gasteiger partial charge in [0.25, 0.3) is 0 Å². The second-order valence-electron chi connectivity index (χ2n) is 2.29. The lowest BCUT2D eigenvalue weighted by atomic mass is 9.66. The molecule has 0 aliphatic heterocycles. The molecular formula is C6H8. The van der Waals surface area contributed by atoms with Gasteiger partial charge in [0.15, 0.2) is 0 Å². The lowest BCUT2D eigenvalue weighted by Gasteiger charge is -2.39. The van der Waals surface area contributed by atoms with Crippen LogP contribution in [0.1, 0.15) is 12.8 Å². The molecule has 0 saturated heterocycles. The number of hydrogen-bond acceptors (Lipinski definition) is 0. The quantitative estimate of drug-likeness (QED) is 0.387. The SMILES string of the molecule is C1=CC2CCC12. The predicted octanol–water partition coefficient (Wildman–Crippen LogP) is 1.58. The smallest absolute Gasteiger partial charge is 0.0170 e. The molecule has 2 aliphatic carbocycles. The van der Waals surface area contributed by atoms with Crippen molar-refractivity contribution in [1.29, 1.82) is 0 Å². The average Bonchev–Trinajstić information content (AvgIpc) is 1.54. The van der Waals surface area contributed by atoms with Gasteiger partial charge in [0, 0.05) is 0 Å². The van der Waals surface area contributed by atoms with E-state index >= 15 is 0 Å². The molecule has 0 bridgehead atoms. The van der Waals surface area contributed by atoms with Gasteiger partial charge in [-0.2, -0.15) is 0 Å². The first-order chi connectivity index (χ1) is 2.97. The molecule has 32 valence electrons. The zero-order chi connectivity index (χ0) is 3.98. The molecule has 0 amide bonds. The molecule has 0 aromatic carbocycles. The van der Waals surface area contributed by atoms with Crippen molar-refractivity contribution in [2.75, 3.05) is 0 Å².